The van der Waals surface area contributed by atoms with E-state index in [0.717, 1.165) is 42.6 Å². The van der Waals surface area contributed by atoms with Gasteiger partial charge in [0.1, 0.15) is 4.83 Å². The molecule has 1 atom stereocenters. The van der Waals surface area contributed by atoms with Gasteiger partial charge in [-0.15, -0.1) is 11.3 Å². The summed E-state index contributed by atoms with van der Waals surface area (Å²) in [6, 6.07) is 0.439. The van der Waals surface area contributed by atoms with Gasteiger partial charge in [-0.1, -0.05) is 19.3 Å². The first-order chi connectivity index (χ1) is 14.6. The van der Waals surface area contributed by atoms with Crippen LogP contribution in [0.1, 0.15) is 60.2 Å². The highest BCUT2D eigenvalue weighted by molar-refractivity contribution is 7.18. The molecule has 0 spiro atoms. The minimum absolute atomic E-state index is 0.181. The summed E-state index contributed by atoms with van der Waals surface area (Å²) in [5.74, 6) is 0.634. The predicted octanol–water partition coefficient (Wildman–Crippen LogP) is 3.73. The van der Waals surface area contributed by atoms with Crippen molar-refractivity contribution in [2.45, 2.75) is 77.4 Å². The summed E-state index contributed by atoms with van der Waals surface area (Å²) in [5, 5.41) is 8.94. The molecule has 0 aromatic carbocycles. The molecule has 1 N–H and O–H groups in total. The molecule has 3 aromatic heterocycles. The van der Waals surface area contributed by atoms with E-state index in [9.17, 15) is 4.79 Å². The molecule has 160 valence electrons. The van der Waals surface area contributed by atoms with Gasteiger partial charge in [-0.3, -0.25) is 14.0 Å². The summed E-state index contributed by atoms with van der Waals surface area (Å²) < 4.78 is 3.81. The Hall–Kier alpha value is -1.99. The van der Waals surface area contributed by atoms with Crippen molar-refractivity contribution in [2.24, 2.45) is 13.0 Å². The highest BCUT2D eigenvalue weighted by Crippen LogP contribution is 2.34. The van der Waals surface area contributed by atoms with Crippen molar-refractivity contribution in [1.82, 2.24) is 24.6 Å². The minimum atomic E-state index is 0.181. The Bertz CT molecular complexity index is 1100. The van der Waals surface area contributed by atoms with E-state index >= 15 is 0 Å². The standard InChI is InChI=1S/C23H31N5OS/c1-15-17(12-26-27(15)2)11-24-18-8-9-19-20(10-18)30-22-21(19)23(29)28(14-25-22)13-16-6-4-3-5-7-16/h12,14,16,18,24H,3-11,13H2,1-2H3. The van der Waals surface area contributed by atoms with Crippen LogP contribution in [0.25, 0.3) is 10.2 Å². The molecule has 1 fully saturated rings. The van der Waals surface area contributed by atoms with E-state index in [4.69, 9.17) is 4.98 Å². The molecular formula is C23H31N5OS. The number of aryl methyl sites for hydroxylation is 2. The van der Waals surface area contributed by atoms with Crippen LogP contribution in [-0.2, 0) is 33.0 Å². The van der Waals surface area contributed by atoms with Crippen molar-refractivity contribution in [3.8, 4) is 0 Å². The number of fused-ring (bicyclic) bond motifs is 3. The third kappa shape index (κ3) is 3.73. The summed E-state index contributed by atoms with van der Waals surface area (Å²) >= 11 is 1.72. The van der Waals surface area contributed by atoms with Crippen LogP contribution in [0, 0.1) is 12.8 Å². The molecule has 0 saturated heterocycles. The maximum absolute atomic E-state index is 13.3. The Balaban J connectivity index is 1.33. The van der Waals surface area contributed by atoms with E-state index in [1.54, 1.807) is 17.7 Å². The first-order valence-electron chi connectivity index (χ1n) is 11.3. The summed E-state index contributed by atoms with van der Waals surface area (Å²) in [7, 11) is 1.98. The second kappa shape index (κ2) is 8.27. The molecule has 0 radical (unpaired) electrons. The van der Waals surface area contributed by atoms with E-state index in [-0.39, 0.29) is 5.56 Å². The van der Waals surface area contributed by atoms with Crippen LogP contribution in [0.5, 0.6) is 0 Å². The molecule has 2 aliphatic carbocycles. The Labute approximate surface area is 181 Å². The number of hydrogen-bond acceptors (Lipinski definition) is 5. The Morgan fingerprint density at radius 3 is 2.83 bits per heavy atom. The molecule has 3 heterocycles. The summed E-state index contributed by atoms with van der Waals surface area (Å²) in [6.45, 7) is 3.79. The molecule has 6 nitrogen and oxygen atoms in total. The number of thiophene rings is 1. The molecule has 0 bridgehead atoms. The van der Waals surface area contributed by atoms with E-state index < -0.39 is 0 Å². The SMILES string of the molecule is Cc1c(CNC2CCc3c(sc4ncn(CC5CCCCC5)c(=O)c34)C2)cnn1C. The third-order valence-electron chi connectivity index (χ3n) is 7.13. The fourth-order valence-electron chi connectivity index (χ4n) is 5.13. The molecule has 1 unspecified atom stereocenters. The van der Waals surface area contributed by atoms with Gasteiger partial charge in [-0.05, 0) is 50.5 Å². The Kier molecular flexibility index (Phi) is 5.50. The molecule has 0 aliphatic heterocycles. The van der Waals surface area contributed by atoms with Crippen LogP contribution in [-0.4, -0.2) is 25.4 Å². The van der Waals surface area contributed by atoms with Crippen LogP contribution >= 0.6 is 11.3 Å². The van der Waals surface area contributed by atoms with Crippen molar-refractivity contribution in [1.29, 1.82) is 0 Å². The molecule has 0 amide bonds. The molecule has 3 aromatic rings. The number of rotatable bonds is 5. The lowest BCUT2D eigenvalue weighted by atomic mass is 9.89. The maximum atomic E-state index is 13.3. The summed E-state index contributed by atoms with van der Waals surface area (Å²) in [5.41, 5.74) is 3.91. The van der Waals surface area contributed by atoms with Crippen molar-refractivity contribution in [2.75, 3.05) is 0 Å². The zero-order valence-electron chi connectivity index (χ0n) is 18.0. The van der Waals surface area contributed by atoms with Gasteiger partial charge >= 0.3 is 0 Å². The second-order valence-electron chi connectivity index (χ2n) is 9.09. The van der Waals surface area contributed by atoms with Gasteiger partial charge in [0, 0.05) is 42.3 Å². The largest absolute Gasteiger partial charge is 0.309 e. The normalized spacial score (nSPS) is 20.0. The Morgan fingerprint density at radius 1 is 1.23 bits per heavy atom. The number of hydrogen-bond donors (Lipinski definition) is 1. The topological polar surface area (TPSA) is 64.7 Å². The fraction of sp³-hybridized carbons (Fsp3) is 0.609. The zero-order valence-corrected chi connectivity index (χ0v) is 18.8. The van der Waals surface area contributed by atoms with Gasteiger partial charge in [0.2, 0.25) is 0 Å². The van der Waals surface area contributed by atoms with Crippen LogP contribution in [0.2, 0.25) is 0 Å². The smallest absolute Gasteiger partial charge is 0.262 e. The van der Waals surface area contributed by atoms with E-state index in [1.807, 2.05) is 22.5 Å². The lowest BCUT2D eigenvalue weighted by Crippen LogP contribution is -2.34. The van der Waals surface area contributed by atoms with E-state index in [0.29, 0.717) is 12.0 Å². The van der Waals surface area contributed by atoms with Gasteiger partial charge < -0.3 is 5.32 Å². The second-order valence-corrected chi connectivity index (χ2v) is 10.2. The summed E-state index contributed by atoms with van der Waals surface area (Å²) in [6.07, 6.45) is 13.2. The average Bonchev–Trinajstić information content (AvgIpc) is 3.29. The van der Waals surface area contributed by atoms with Crippen molar-refractivity contribution >= 4 is 21.6 Å². The molecule has 5 rings (SSSR count). The highest BCUT2D eigenvalue weighted by atomic mass is 32.1. The maximum Gasteiger partial charge on any atom is 0.262 e. The third-order valence-corrected chi connectivity index (χ3v) is 8.30. The van der Waals surface area contributed by atoms with Gasteiger partial charge in [0.15, 0.2) is 0 Å². The van der Waals surface area contributed by atoms with Crippen LogP contribution in [0.3, 0.4) is 0 Å². The molecule has 7 heteroatoms. The van der Waals surface area contributed by atoms with Gasteiger partial charge in [-0.2, -0.15) is 5.10 Å². The fourth-order valence-corrected chi connectivity index (χ4v) is 6.38. The lowest BCUT2D eigenvalue weighted by Gasteiger charge is -2.23. The number of nitrogens with zero attached hydrogens (tertiary/aromatic N) is 4. The first kappa shape index (κ1) is 19.9. The number of aromatic nitrogens is 4. The van der Waals surface area contributed by atoms with E-state index in [2.05, 4.69) is 17.3 Å². The van der Waals surface area contributed by atoms with E-state index in [1.165, 1.54) is 53.8 Å². The van der Waals surface area contributed by atoms with Crippen molar-refractivity contribution in [3.05, 3.63) is 44.6 Å². The van der Waals surface area contributed by atoms with Crippen LogP contribution in [0.15, 0.2) is 17.3 Å². The average molecular weight is 426 g/mol. The molecular weight excluding hydrogens is 394 g/mol. The quantitative estimate of drug-likeness (QED) is 0.677. The van der Waals surface area contributed by atoms with Gasteiger partial charge in [0.25, 0.3) is 5.56 Å². The van der Waals surface area contributed by atoms with Crippen molar-refractivity contribution < 1.29 is 0 Å². The van der Waals surface area contributed by atoms with Crippen molar-refractivity contribution in [3.63, 3.8) is 0 Å². The number of nitrogens with one attached hydrogen (secondary N) is 1. The van der Waals surface area contributed by atoms with Crippen LogP contribution < -0.4 is 10.9 Å². The monoisotopic (exact) mass is 425 g/mol. The lowest BCUT2D eigenvalue weighted by molar-refractivity contribution is 0.315. The molecule has 30 heavy (non-hydrogen) atoms. The Morgan fingerprint density at radius 2 is 2.07 bits per heavy atom. The molecule has 1 saturated carbocycles. The molecule has 2 aliphatic rings. The zero-order chi connectivity index (χ0) is 20.7. The van der Waals surface area contributed by atoms with Crippen LogP contribution in [0.4, 0.5) is 0 Å². The van der Waals surface area contributed by atoms with Gasteiger partial charge in [0.05, 0.1) is 17.9 Å². The predicted molar refractivity (Wildman–Crippen MR) is 121 cm³/mol. The first-order valence-corrected chi connectivity index (χ1v) is 12.1. The highest BCUT2D eigenvalue weighted by Gasteiger charge is 2.26. The summed E-state index contributed by atoms with van der Waals surface area (Å²) in [4.78, 5) is 20.2. The van der Waals surface area contributed by atoms with Gasteiger partial charge in [-0.25, -0.2) is 4.98 Å². The minimum Gasteiger partial charge on any atom is -0.309 e.